The van der Waals surface area contributed by atoms with Gasteiger partial charge in [-0.3, -0.25) is 10.3 Å². The summed E-state index contributed by atoms with van der Waals surface area (Å²) in [5, 5.41) is 4.82. The van der Waals surface area contributed by atoms with Crippen LogP contribution in [-0.2, 0) is 5.54 Å². The molecule has 0 aromatic carbocycles. The molecule has 3 N–H and O–H groups in total. The van der Waals surface area contributed by atoms with Crippen LogP contribution in [0.25, 0.3) is 5.70 Å². The van der Waals surface area contributed by atoms with Crippen LogP contribution in [0.5, 0.6) is 0 Å². The fourth-order valence-electron chi connectivity index (χ4n) is 3.46. The summed E-state index contributed by atoms with van der Waals surface area (Å²) in [6.07, 6.45) is 8.28. The van der Waals surface area contributed by atoms with Gasteiger partial charge in [-0.1, -0.05) is 13.8 Å². The monoisotopic (exact) mass is 312 g/mol. The van der Waals surface area contributed by atoms with Crippen molar-refractivity contribution < 1.29 is 0 Å². The number of hydrazine groups is 1. The third-order valence-electron chi connectivity index (χ3n) is 5.41. The number of nitrogens with one attached hydrogen (secondary N) is 3. The van der Waals surface area contributed by atoms with Gasteiger partial charge in [-0.25, -0.2) is 5.43 Å². The molecule has 1 aromatic heterocycles. The molecule has 1 aromatic rings. The number of fused-ring (bicyclic) bond motifs is 5. The van der Waals surface area contributed by atoms with E-state index in [0.29, 0.717) is 0 Å². The molecular weight excluding hydrogens is 288 g/mol. The molecule has 2 atom stereocenters. The van der Waals surface area contributed by atoms with Gasteiger partial charge in [-0.15, -0.1) is 0 Å². The van der Waals surface area contributed by atoms with Crippen molar-refractivity contribution in [2.24, 2.45) is 5.10 Å². The van der Waals surface area contributed by atoms with Gasteiger partial charge in [0.25, 0.3) is 0 Å². The first-order valence-electron chi connectivity index (χ1n) is 8.31. The normalized spacial score (nSPS) is 31.7. The van der Waals surface area contributed by atoms with E-state index >= 15 is 0 Å². The Morgan fingerprint density at radius 3 is 2.74 bits per heavy atom. The molecule has 0 spiro atoms. The highest BCUT2D eigenvalue weighted by molar-refractivity contribution is 6.19. The molecule has 4 rings (SSSR count). The summed E-state index contributed by atoms with van der Waals surface area (Å²) in [4.78, 5) is 2.25. The Morgan fingerprint density at radius 1 is 1.17 bits per heavy atom. The number of amidine groups is 1. The molecular formula is C17H24N6. The lowest BCUT2D eigenvalue weighted by molar-refractivity contribution is 0.231. The van der Waals surface area contributed by atoms with Crippen molar-refractivity contribution in [3.63, 3.8) is 0 Å². The number of allylic oxidation sites excluding steroid dienone is 2. The maximum absolute atomic E-state index is 4.82. The van der Waals surface area contributed by atoms with Crippen LogP contribution < -0.4 is 16.3 Å². The van der Waals surface area contributed by atoms with Crippen molar-refractivity contribution in [2.45, 2.75) is 51.7 Å². The van der Waals surface area contributed by atoms with Crippen LogP contribution in [0.1, 0.15) is 46.2 Å². The highest BCUT2D eigenvalue weighted by atomic mass is 15.6. The van der Waals surface area contributed by atoms with Gasteiger partial charge < -0.3 is 9.99 Å². The second-order valence-electron chi connectivity index (χ2n) is 6.81. The number of nitrogens with zero attached hydrogens (tertiary/aromatic N) is 3. The molecule has 122 valence electrons. The van der Waals surface area contributed by atoms with Crippen LogP contribution in [0.15, 0.2) is 41.4 Å². The summed E-state index contributed by atoms with van der Waals surface area (Å²) in [5.41, 5.74) is 12.0. The van der Waals surface area contributed by atoms with Gasteiger partial charge in [0.1, 0.15) is 11.5 Å². The van der Waals surface area contributed by atoms with Crippen molar-refractivity contribution in [1.29, 1.82) is 0 Å². The van der Waals surface area contributed by atoms with Crippen LogP contribution in [0.2, 0.25) is 0 Å². The molecule has 4 heterocycles. The lowest BCUT2D eigenvalue weighted by atomic mass is 9.95. The Kier molecular flexibility index (Phi) is 2.90. The van der Waals surface area contributed by atoms with Crippen molar-refractivity contribution in [1.82, 2.24) is 25.7 Å². The molecule has 6 nitrogen and oxygen atoms in total. The first-order chi connectivity index (χ1) is 11.0. The van der Waals surface area contributed by atoms with Crippen LogP contribution in [0.3, 0.4) is 0 Å². The van der Waals surface area contributed by atoms with E-state index < -0.39 is 0 Å². The fraction of sp³-hybridized carbons (Fsp3) is 0.471. The summed E-state index contributed by atoms with van der Waals surface area (Å²) in [7, 11) is 0. The molecule has 23 heavy (non-hydrogen) atoms. The molecule has 0 radical (unpaired) electrons. The molecule has 3 aliphatic heterocycles. The minimum atomic E-state index is -0.202. The summed E-state index contributed by atoms with van der Waals surface area (Å²) in [5.74, 6) is 1.98. The first-order valence-corrected chi connectivity index (χ1v) is 8.31. The summed E-state index contributed by atoms with van der Waals surface area (Å²) in [6.45, 7) is 8.76. The topological polar surface area (TPSA) is 56.6 Å². The molecule has 1 fully saturated rings. The summed E-state index contributed by atoms with van der Waals surface area (Å²) >= 11 is 0. The Morgan fingerprint density at radius 2 is 2.00 bits per heavy atom. The zero-order valence-electron chi connectivity index (χ0n) is 14.1. The van der Waals surface area contributed by atoms with Gasteiger partial charge in [-0.2, -0.15) is 5.10 Å². The number of hydrogen-bond donors (Lipinski definition) is 3. The standard InChI is InChI=1S/C17H24N6/c1-5-16(3)13-8-7-11-22(13)12-9-10-14-18-21-17(4,6-2)23(14)15(12)19-20-16/h7-11,18,20-21H,5-6H2,1-4H3/t16-,17-/m1/s1. The third-order valence-corrected chi connectivity index (χ3v) is 5.41. The molecule has 0 amide bonds. The molecule has 0 bridgehead atoms. The van der Waals surface area contributed by atoms with Crippen molar-refractivity contribution in [3.8, 4) is 0 Å². The van der Waals surface area contributed by atoms with Crippen LogP contribution >= 0.6 is 0 Å². The van der Waals surface area contributed by atoms with Gasteiger partial charge in [-0.05, 0) is 51.0 Å². The highest BCUT2D eigenvalue weighted by Gasteiger charge is 2.45. The number of hydrogen-bond acceptors (Lipinski definition) is 5. The zero-order chi connectivity index (χ0) is 16.2. The smallest absolute Gasteiger partial charge is 0.179 e. The lowest BCUT2D eigenvalue weighted by Gasteiger charge is -2.36. The van der Waals surface area contributed by atoms with Crippen LogP contribution in [0.4, 0.5) is 0 Å². The molecule has 0 saturated carbocycles. The van der Waals surface area contributed by atoms with Gasteiger partial charge in [0.15, 0.2) is 5.84 Å². The predicted octanol–water partition coefficient (Wildman–Crippen LogP) is 2.26. The van der Waals surface area contributed by atoms with Crippen molar-refractivity contribution in [3.05, 3.63) is 42.0 Å². The quantitative estimate of drug-likeness (QED) is 0.784. The van der Waals surface area contributed by atoms with Gasteiger partial charge in [0.05, 0.1) is 11.2 Å². The highest BCUT2D eigenvalue weighted by Crippen LogP contribution is 2.36. The minimum absolute atomic E-state index is 0.182. The SMILES string of the molecule is CC[C@@]1(C)NN=C2C(=CC=C3NN[C@@](C)(CC)N32)n2cccc21. The maximum atomic E-state index is 4.82. The third kappa shape index (κ3) is 1.81. The molecule has 0 unspecified atom stereocenters. The van der Waals surface area contributed by atoms with Gasteiger partial charge in [0, 0.05) is 11.9 Å². The lowest BCUT2D eigenvalue weighted by Crippen LogP contribution is -2.52. The van der Waals surface area contributed by atoms with E-state index in [4.69, 9.17) is 5.10 Å². The largest absolute Gasteiger partial charge is 0.315 e. The number of rotatable bonds is 2. The van der Waals surface area contributed by atoms with E-state index in [1.807, 2.05) is 0 Å². The first kappa shape index (κ1) is 14.4. The van der Waals surface area contributed by atoms with E-state index in [9.17, 15) is 0 Å². The molecule has 6 heteroatoms. The number of aromatic nitrogens is 1. The van der Waals surface area contributed by atoms with E-state index in [1.165, 1.54) is 5.69 Å². The molecule has 1 saturated heterocycles. The Labute approximate surface area is 136 Å². The van der Waals surface area contributed by atoms with Crippen LogP contribution in [0, 0.1) is 0 Å². The Bertz CT molecular complexity index is 742. The van der Waals surface area contributed by atoms with E-state index in [-0.39, 0.29) is 11.2 Å². The summed E-state index contributed by atoms with van der Waals surface area (Å²) < 4.78 is 2.25. The second-order valence-corrected chi connectivity index (χ2v) is 6.81. The van der Waals surface area contributed by atoms with Gasteiger partial charge >= 0.3 is 0 Å². The van der Waals surface area contributed by atoms with E-state index in [1.54, 1.807) is 0 Å². The summed E-state index contributed by atoms with van der Waals surface area (Å²) in [6, 6.07) is 4.28. The molecule has 3 aliphatic rings. The van der Waals surface area contributed by atoms with Crippen molar-refractivity contribution >= 4 is 11.5 Å². The van der Waals surface area contributed by atoms with Crippen molar-refractivity contribution in [2.75, 3.05) is 0 Å². The predicted molar refractivity (Wildman–Crippen MR) is 91.8 cm³/mol. The molecule has 0 aliphatic carbocycles. The van der Waals surface area contributed by atoms with E-state index in [2.05, 4.69) is 83.9 Å². The average molecular weight is 312 g/mol. The fourth-order valence-corrected chi connectivity index (χ4v) is 3.46. The zero-order valence-corrected chi connectivity index (χ0v) is 14.1. The minimum Gasteiger partial charge on any atom is -0.315 e. The number of hydrazone groups is 1. The second kappa shape index (κ2) is 4.64. The Balaban J connectivity index is 1.90. The Hall–Kier alpha value is -2.21. The van der Waals surface area contributed by atoms with E-state index in [0.717, 1.165) is 30.2 Å². The average Bonchev–Trinajstić information content (AvgIpc) is 3.16. The van der Waals surface area contributed by atoms with Crippen LogP contribution in [-0.4, -0.2) is 21.0 Å². The van der Waals surface area contributed by atoms with Gasteiger partial charge in [0.2, 0.25) is 0 Å². The maximum Gasteiger partial charge on any atom is 0.179 e.